The summed E-state index contributed by atoms with van der Waals surface area (Å²) < 4.78 is 21.1. The molecule has 0 radical (unpaired) electrons. The number of rotatable bonds is 6. The molecule has 0 aliphatic carbocycles. The highest BCUT2D eigenvalue weighted by Crippen LogP contribution is 2.14. The first kappa shape index (κ1) is 10.1. The molecule has 2 unspecified atom stereocenters. The summed E-state index contributed by atoms with van der Waals surface area (Å²) in [5.41, 5.74) is 0. The van der Waals surface area contributed by atoms with Crippen molar-refractivity contribution in [3.8, 4) is 0 Å². The summed E-state index contributed by atoms with van der Waals surface area (Å²) in [5, 5.41) is 0. The third kappa shape index (κ3) is 3.20. The molecule has 1 saturated heterocycles. The Morgan fingerprint density at radius 3 is 2.58 bits per heavy atom. The van der Waals surface area contributed by atoms with Crippen LogP contribution in [0, 0.1) is 0 Å². The van der Waals surface area contributed by atoms with Crippen LogP contribution in [0.1, 0.15) is 6.92 Å². The molecule has 1 heterocycles. The van der Waals surface area contributed by atoms with E-state index in [4.69, 9.17) is 18.0 Å². The molecule has 0 bridgehead atoms. The van der Waals surface area contributed by atoms with Crippen molar-refractivity contribution < 1.29 is 18.0 Å². The molecule has 0 aromatic rings. The molecule has 5 heteroatoms. The SMILES string of the molecule is CCO[Si](C)(OC)OCC1CO1. The van der Waals surface area contributed by atoms with Crippen LogP contribution in [-0.4, -0.2) is 41.8 Å². The van der Waals surface area contributed by atoms with Crippen molar-refractivity contribution in [2.75, 3.05) is 26.9 Å². The minimum absolute atomic E-state index is 0.271. The van der Waals surface area contributed by atoms with Gasteiger partial charge in [-0.05, 0) is 6.92 Å². The Morgan fingerprint density at radius 2 is 2.17 bits per heavy atom. The zero-order valence-corrected chi connectivity index (χ0v) is 8.83. The lowest BCUT2D eigenvalue weighted by atomic mass is 10.5. The molecule has 72 valence electrons. The maximum absolute atomic E-state index is 5.51. The molecule has 0 aromatic carbocycles. The van der Waals surface area contributed by atoms with E-state index in [1.54, 1.807) is 7.11 Å². The highest BCUT2D eigenvalue weighted by molar-refractivity contribution is 6.59. The van der Waals surface area contributed by atoms with Crippen LogP contribution >= 0.6 is 0 Å². The van der Waals surface area contributed by atoms with Gasteiger partial charge < -0.3 is 18.0 Å². The van der Waals surface area contributed by atoms with E-state index in [1.165, 1.54) is 0 Å². The second kappa shape index (κ2) is 4.34. The second-order valence-electron chi connectivity index (χ2n) is 2.77. The summed E-state index contributed by atoms with van der Waals surface area (Å²) in [7, 11) is -0.705. The summed E-state index contributed by atoms with van der Waals surface area (Å²) >= 11 is 0. The first-order chi connectivity index (χ1) is 5.70. The highest BCUT2D eigenvalue weighted by Gasteiger charge is 2.36. The summed E-state index contributed by atoms with van der Waals surface area (Å²) in [5.74, 6) is 0. The monoisotopic (exact) mass is 192 g/mol. The number of epoxide rings is 1. The van der Waals surface area contributed by atoms with Crippen LogP contribution < -0.4 is 0 Å². The fourth-order valence-electron chi connectivity index (χ4n) is 0.830. The predicted molar refractivity (Wildman–Crippen MR) is 45.9 cm³/mol. The first-order valence-corrected chi connectivity index (χ1v) is 6.37. The van der Waals surface area contributed by atoms with Gasteiger partial charge in [-0.25, -0.2) is 0 Å². The molecule has 12 heavy (non-hydrogen) atoms. The van der Waals surface area contributed by atoms with E-state index in [-0.39, 0.29) is 6.10 Å². The minimum Gasteiger partial charge on any atom is -0.377 e. The normalized spacial score (nSPS) is 26.8. The lowest BCUT2D eigenvalue weighted by molar-refractivity contribution is 0.0821. The molecule has 0 aromatic heterocycles. The van der Waals surface area contributed by atoms with Gasteiger partial charge in [-0.15, -0.1) is 0 Å². The predicted octanol–water partition coefficient (Wildman–Crippen LogP) is 0.653. The number of hydrogen-bond acceptors (Lipinski definition) is 4. The molecule has 0 amide bonds. The molecule has 0 saturated carbocycles. The van der Waals surface area contributed by atoms with Crippen LogP contribution in [0.3, 0.4) is 0 Å². The quantitative estimate of drug-likeness (QED) is 0.458. The lowest BCUT2D eigenvalue weighted by Gasteiger charge is -2.22. The molecule has 1 aliphatic heterocycles. The van der Waals surface area contributed by atoms with Crippen molar-refractivity contribution in [1.29, 1.82) is 0 Å². The van der Waals surface area contributed by atoms with E-state index in [0.29, 0.717) is 13.2 Å². The highest BCUT2D eigenvalue weighted by atomic mass is 28.4. The first-order valence-electron chi connectivity index (χ1n) is 4.15. The van der Waals surface area contributed by atoms with Crippen LogP contribution in [0.4, 0.5) is 0 Å². The van der Waals surface area contributed by atoms with E-state index in [0.717, 1.165) is 6.61 Å². The third-order valence-corrected chi connectivity index (χ3v) is 3.96. The van der Waals surface area contributed by atoms with Gasteiger partial charge in [0, 0.05) is 20.3 Å². The Labute approximate surface area is 74.1 Å². The zero-order valence-electron chi connectivity index (χ0n) is 7.83. The summed E-state index contributed by atoms with van der Waals surface area (Å²) in [4.78, 5) is 0. The molecular weight excluding hydrogens is 176 g/mol. The molecule has 4 nitrogen and oxygen atoms in total. The van der Waals surface area contributed by atoms with Crippen molar-refractivity contribution in [2.24, 2.45) is 0 Å². The van der Waals surface area contributed by atoms with Gasteiger partial charge in [0.1, 0.15) is 6.10 Å². The summed E-state index contributed by atoms with van der Waals surface area (Å²) in [6, 6.07) is 0. The number of ether oxygens (including phenoxy) is 1. The van der Waals surface area contributed by atoms with Gasteiger partial charge in [0.2, 0.25) is 0 Å². The van der Waals surface area contributed by atoms with E-state index in [9.17, 15) is 0 Å². The maximum Gasteiger partial charge on any atom is 0.497 e. The van der Waals surface area contributed by atoms with Gasteiger partial charge in [-0.3, -0.25) is 0 Å². The average Bonchev–Trinajstić information content (AvgIpc) is 2.85. The Balaban J connectivity index is 2.20. The topological polar surface area (TPSA) is 40.2 Å². The van der Waals surface area contributed by atoms with Crippen molar-refractivity contribution in [3.05, 3.63) is 0 Å². The average molecular weight is 192 g/mol. The Morgan fingerprint density at radius 1 is 1.50 bits per heavy atom. The molecule has 1 fully saturated rings. The van der Waals surface area contributed by atoms with Crippen LogP contribution in [0.2, 0.25) is 6.55 Å². The van der Waals surface area contributed by atoms with Gasteiger partial charge in [0.15, 0.2) is 0 Å². The second-order valence-corrected chi connectivity index (χ2v) is 5.48. The molecule has 1 rings (SSSR count). The molecular formula is C7H16O4Si. The van der Waals surface area contributed by atoms with Gasteiger partial charge in [0.25, 0.3) is 0 Å². The van der Waals surface area contributed by atoms with Crippen LogP contribution in [0.15, 0.2) is 0 Å². The molecule has 0 spiro atoms. The lowest BCUT2D eigenvalue weighted by Crippen LogP contribution is -2.42. The zero-order chi connectivity index (χ0) is 9.03. The largest absolute Gasteiger partial charge is 0.497 e. The van der Waals surface area contributed by atoms with E-state index in [1.807, 2.05) is 13.5 Å². The Hall–Kier alpha value is 0.0569. The number of hydrogen-bond donors (Lipinski definition) is 0. The molecule has 1 aliphatic rings. The Bertz CT molecular complexity index is 139. The van der Waals surface area contributed by atoms with Crippen LogP contribution in [0.25, 0.3) is 0 Å². The third-order valence-electron chi connectivity index (χ3n) is 1.71. The van der Waals surface area contributed by atoms with Crippen molar-refractivity contribution in [1.82, 2.24) is 0 Å². The maximum atomic E-state index is 5.51. The standard InChI is InChI=1S/C7H16O4Si/c1-4-10-12(3,8-2)11-6-7-5-9-7/h7H,4-6H2,1-3H3. The van der Waals surface area contributed by atoms with Gasteiger partial charge in [-0.2, -0.15) is 0 Å². The van der Waals surface area contributed by atoms with Crippen LogP contribution in [-0.2, 0) is 18.0 Å². The molecule has 0 N–H and O–H groups in total. The Kier molecular flexibility index (Phi) is 3.67. The minimum atomic E-state index is -2.33. The van der Waals surface area contributed by atoms with Gasteiger partial charge >= 0.3 is 8.80 Å². The fraction of sp³-hybridized carbons (Fsp3) is 1.00. The van der Waals surface area contributed by atoms with Crippen molar-refractivity contribution >= 4 is 8.80 Å². The van der Waals surface area contributed by atoms with E-state index >= 15 is 0 Å². The smallest absolute Gasteiger partial charge is 0.377 e. The van der Waals surface area contributed by atoms with Gasteiger partial charge in [-0.1, -0.05) is 0 Å². The van der Waals surface area contributed by atoms with Crippen molar-refractivity contribution in [2.45, 2.75) is 19.6 Å². The van der Waals surface area contributed by atoms with Gasteiger partial charge in [0.05, 0.1) is 13.2 Å². The summed E-state index contributed by atoms with van der Waals surface area (Å²) in [6.45, 7) is 5.85. The fourth-order valence-corrected chi connectivity index (χ4v) is 2.16. The summed E-state index contributed by atoms with van der Waals surface area (Å²) in [6.07, 6.45) is 0.271. The van der Waals surface area contributed by atoms with Crippen LogP contribution in [0.5, 0.6) is 0 Å². The molecule has 2 atom stereocenters. The van der Waals surface area contributed by atoms with E-state index in [2.05, 4.69) is 0 Å². The van der Waals surface area contributed by atoms with E-state index < -0.39 is 8.80 Å². The van der Waals surface area contributed by atoms with Crippen molar-refractivity contribution in [3.63, 3.8) is 0 Å².